The Bertz CT molecular complexity index is 715. The number of anilines is 1. The highest BCUT2D eigenvalue weighted by atomic mass is 16.6. The van der Waals surface area contributed by atoms with Crippen molar-refractivity contribution in [3.8, 4) is 5.75 Å². The van der Waals surface area contributed by atoms with Crippen molar-refractivity contribution in [2.45, 2.75) is 45.3 Å². The predicted molar refractivity (Wildman–Crippen MR) is 96.4 cm³/mol. The maximum absolute atomic E-state index is 12.5. The summed E-state index contributed by atoms with van der Waals surface area (Å²) in [6.07, 6.45) is 1.67. The molecule has 0 saturated carbocycles. The first-order valence-electron chi connectivity index (χ1n) is 8.87. The van der Waals surface area contributed by atoms with E-state index in [0.29, 0.717) is 19.0 Å². The van der Waals surface area contributed by atoms with Crippen molar-refractivity contribution in [3.05, 3.63) is 28.3 Å². The maximum atomic E-state index is 12.5. The smallest absolute Gasteiger partial charge is 0.410 e. The number of rotatable bonds is 2. The summed E-state index contributed by atoms with van der Waals surface area (Å²) in [5.41, 5.74) is -0.112. The molecule has 1 N–H and O–H groups in total. The lowest BCUT2D eigenvalue weighted by molar-refractivity contribution is -0.385. The van der Waals surface area contributed by atoms with E-state index < -0.39 is 10.5 Å². The number of nitro benzene ring substituents is 1. The Morgan fingerprint density at radius 1 is 1.35 bits per heavy atom. The Kier molecular flexibility index (Phi) is 4.68. The number of likely N-dealkylation sites (tertiary alicyclic amines) is 1. The number of phenols is 1. The summed E-state index contributed by atoms with van der Waals surface area (Å²) in [6.45, 7) is 7.62. The van der Waals surface area contributed by atoms with E-state index in [0.717, 1.165) is 25.1 Å². The van der Waals surface area contributed by atoms with Crippen molar-refractivity contribution in [3.63, 3.8) is 0 Å². The molecule has 26 heavy (non-hydrogen) atoms. The number of hydrogen-bond donors (Lipinski definition) is 1. The largest absolute Gasteiger partial charge is 0.502 e. The van der Waals surface area contributed by atoms with Gasteiger partial charge in [-0.25, -0.2) is 4.79 Å². The van der Waals surface area contributed by atoms with Gasteiger partial charge in [-0.3, -0.25) is 10.1 Å². The number of piperidine rings is 1. The number of nitro groups is 1. The summed E-state index contributed by atoms with van der Waals surface area (Å²) in [7, 11) is 0. The topological polar surface area (TPSA) is 96.2 Å². The number of fused-ring (bicyclic) bond motifs is 1. The zero-order valence-electron chi connectivity index (χ0n) is 15.3. The first-order chi connectivity index (χ1) is 12.2. The van der Waals surface area contributed by atoms with E-state index in [2.05, 4.69) is 4.90 Å². The Balaban J connectivity index is 1.76. The lowest BCUT2D eigenvalue weighted by Crippen LogP contribution is -2.50. The molecule has 0 aliphatic carbocycles. The Labute approximate surface area is 152 Å². The molecule has 0 aromatic heterocycles. The highest BCUT2D eigenvalue weighted by Crippen LogP contribution is 2.37. The van der Waals surface area contributed by atoms with Crippen LogP contribution < -0.4 is 4.90 Å². The van der Waals surface area contributed by atoms with Crippen LogP contribution in [0.1, 0.15) is 33.6 Å². The van der Waals surface area contributed by atoms with Gasteiger partial charge >= 0.3 is 11.8 Å². The molecule has 1 aromatic carbocycles. The zero-order valence-corrected chi connectivity index (χ0v) is 15.3. The summed E-state index contributed by atoms with van der Waals surface area (Å²) in [5, 5.41) is 20.8. The second kappa shape index (κ2) is 6.66. The molecule has 2 fully saturated rings. The van der Waals surface area contributed by atoms with E-state index in [1.54, 1.807) is 6.07 Å². The van der Waals surface area contributed by atoms with Gasteiger partial charge < -0.3 is 19.6 Å². The van der Waals surface area contributed by atoms with Gasteiger partial charge in [0.1, 0.15) is 5.60 Å². The minimum atomic E-state index is -0.604. The van der Waals surface area contributed by atoms with E-state index in [1.165, 1.54) is 12.1 Å². The molecule has 8 heteroatoms. The van der Waals surface area contributed by atoms with Crippen LogP contribution in [0, 0.1) is 16.0 Å². The Morgan fingerprint density at radius 2 is 2.08 bits per heavy atom. The fourth-order valence-corrected chi connectivity index (χ4v) is 3.80. The maximum Gasteiger partial charge on any atom is 0.410 e. The van der Waals surface area contributed by atoms with Gasteiger partial charge in [-0.15, -0.1) is 0 Å². The summed E-state index contributed by atoms with van der Waals surface area (Å²) in [6, 6.07) is 4.44. The van der Waals surface area contributed by atoms with E-state index >= 15 is 0 Å². The van der Waals surface area contributed by atoms with E-state index in [1.807, 2.05) is 25.7 Å². The van der Waals surface area contributed by atoms with Crippen LogP contribution in [0.4, 0.5) is 16.2 Å². The van der Waals surface area contributed by atoms with Crippen molar-refractivity contribution in [2.24, 2.45) is 5.92 Å². The lowest BCUT2D eigenvalue weighted by atomic mass is 9.92. The van der Waals surface area contributed by atoms with Gasteiger partial charge in [0.05, 0.1) is 11.0 Å². The molecule has 0 bridgehead atoms. The Morgan fingerprint density at radius 3 is 2.69 bits per heavy atom. The molecule has 1 amide bonds. The van der Waals surface area contributed by atoms with Crippen LogP contribution in [0.15, 0.2) is 18.2 Å². The van der Waals surface area contributed by atoms with Crippen molar-refractivity contribution < 1.29 is 19.6 Å². The van der Waals surface area contributed by atoms with Crippen LogP contribution in [0.2, 0.25) is 0 Å². The first-order valence-corrected chi connectivity index (χ1v) is 8.87. The molecular formula is C18H25N3O5. The molecule has 0 radical (unpaired) electrons. The third kappa shape index (κ3) is 3.68. The molecule has 2 saturated heterocycles. The molecule has 2 heterocycles. The van der Waals surface area contributed by atoms with Crippen molar-refractivity contribution in [1.29, 1.82) is 0 Å². The van der Waals surface area contributed by atoms with Gasteiger partial charge in [0.15, 0.2) is 5.75 Å². The van der Waals surface area contributed by atoms with Gasteiger partial charge in [-0.05, 0) is 45.6 Å². The van der Waals surface area contributed by atoms with Crippen LogP contribution >= 0.6 is 0 Å². The fourth-order valence-electron chi connectivity index (χ4n) is 3.80. The number of nitrogens with zero attached hydrogens (tertiary/aromatic N) is 3. The Hall–Kier alpha value is -2.51. The van der Waals surface area contributed by atoms with Crippen molar-refractivity contribution in [2.75, 3.05) is 24.5 Å². The number of carbonyl (C=O) groups is 1. The van der Waals surface area contributed by atoms with Gasteiger partial charge in [0.2, 0.25) is 0 Å². The number of carbonyl (C=O) groups excluding carboxylic acids is 1. The molecule has 2 aliphatic rings. The second-order valence-electron chi connectivity index (χ2n) is 7.98. The molecule has 1 aromatic rings. The highest BCUT2D eigenvalue weighted by molar-refractivity contribution is 5.69. The summed E-state index contributed by atoms with van der Waals surface area (Å²) >= 11 is 0. The molecule has 0 unspecified atom stereocenters. The van der Waals surface area contributed by atoms with Crippen LogP contribution in [-0.4, -0.2) is 52.3 Å². The number of hydrogen-bond acceptors (Lipinski definition) is 6. The third-order valence-electron chi connectivity index (χ3n) is 4.93. The number of ether oxygens (including phenoxy) is 1. The van der Waals surface area contributed by atoms with E-state index in [4.69, 9.17) is 4.74 Å². The fraction of sp³-hybridized carbons (Fsp3) is 0.611. The van der Waals surface area contributed by atoms with Gasteiger partial charge in [-0.2, -0.15) is 0 Å². The minimum absolute atomic E-state index is 0.0518. The SMILES string of the molecule is CC(C)(C)OC(=O)N1CCC[C@@H]2CN(c3ccc([N+](=O)[O-])c(O)c3)C[C@@H]21. The summed E-state index contributed by atoms with van der Waals surface area (Å²) < 4.78 is 5.54. The van der Waals surface area contributed by atoms with Crippen molar-refractivity contribution >= 4 is 17.5 Å². The molecule has 2 atom stereocenters. The van der Waals surface area contributed by atoms with Crippen LogP contribution in [0.25, 0.3) is 0 Å². The van der Waals surface area contributed by atoms with Gasteiger partial charge in [-0.1, -0.05) is 0 Å². The second-order valence-corrected chi connectivity index (χ2v) is 7.98. The van der Waals surface area contributed by atoms with Crippen LogP contribution in [0.3, 0.4) is 0 Å². The lowest BCUT2D eigenvalue weighted by Gasteiger charge is -2.37. The molecule has 8 nitrogen and oxygen atoms in total. The predicted octanol–water partition coefficient (Wildman–Crippen LogP) is 3.14. The van der Waals surface area contributed by atoms with Gasteiger partial charge in [0, 0.05) is 37.5 Å². The molecule has 2 aliphatic heterocycles. The highest BCUT2D eigenvalue weighted by Gasteiger charge is 2.42. The molecule has 0 spiro atoms. The molecule has 3 rings (SSSR count). The van der Waals surface area contributed by atoms with E-state index in [9.17, 15) is 20.0 Å². The van der Waals surface area contributed by atoms with Gasteiger partial charge in [0.25, 0.3) is 0 Å². The summed E-state index contributed by atoms with van der Waals surface area (Å²) in [5.74, 6) is -0.0139. The quantitative estimate of drug-likeness (QED) is 0.640. The molecular weight excluding hydrogens is 338 g/mol. The normalized spacial score (nSPS) is 22.9. The molecule has 142 valence electrons. The average molecular weight is 363 g/mol. The van der Waals surface area contributed by atoms with Crippen molar-refractivity contribution in [1.82, 2.24) is 4.90 Å². The standard InChI is InChI=1S/C18H25N3O5/c1-18(2,3)26-17(23)20-8-4-5-12-10-19(11-15(12)20)13-6-7-14(21(24)25)16(22)9-13/h6-7,9,12,15,22H,4-5,8,10-11H2,1-3H3/t12-,15+/m1/s1. The summed E-state index contributed by atoms with van der Waals surface area (Å²) in [4.78, 5) is 26.7. The van der Waals surface area contributed by atoms with E-state index in [-0.39, 0.29) is 23.6 Å². The number of aromatic hydroxyl groups is 1. The number of phenolic OH excluding ortho intramolecular Hbond substituents is 1. The average Bonchev–Trinajstić information content (AvgIpc) is 2.96. The number of amides is 1. The minimum Gasteiger partial charge on any atom is -0.502 e. The third-order valence-corrected chi connectivity index (χ3v) is 4.93. The first kappa shape index (κ1) is 18.3. The number of benzene rings is 1. The van der Waals surface area contributed by atoms with Crippen LogP contribution in [-0.2, 0) is 4.74 Å². The monoisotopic (exact) mass is 363 g/mol. The van der Waals surface area contributed by atoms with Crippen LogP contribution in [0.5, 0.6) is 5.75 Å². The zero-order chi connectivity index (χ0) is 19.1.